The van der Waals surface area contributed by atoms with Gasteiger partial charge >= 0.3 is 0 Å². The van der Waals surface area contributed by atoms with Crippen molar-refractivity contribution >= 4 is 40.9 Å². The van der Waals surface area contributed by atoms with Crippen molar-refractivity contribution in [3.63, 3.8) is 0 Å². The summed E-state index contributed by atoms with van der Waals surface area (Å²) in [5.41, 5.74) is 0.487. The number of ether oxygens (including phenoxy) is 1. The number of methoxy groups -OCH3 is 1. The van der Waals surface area contributed by atoms with Crippen LogP contribution in [-0.4, -0.2) is 18.8 Å². The summed E-state index contributed by atoms with van der Waals surface area (Å²) in [4.78, 5) is 13.0. The normalized spacial score (nSPS) is 11.9. The zero-order chi connectivity index (χ0) is 17.7. The lowest BCUT2D eigenvalue weighted by atomic mass is 10.1. The molecule has 0 saturated heterocycles. The Morgan fingerprint density at radius 3 is 2.54 bits per heavy atom. The minimum Gasteiger partial charge on any atom is -0.497 e. The SMILES string of the molecule is COc1ccc(SCC(=O)N[C@H](C)c2cc(F)c(Cl)cc2Cl)cc1. The Labute approximate surface area is 154 Å². The second kappa shape index (κ2) is 8.60. The number of halogens is 3. The molecule has 0 heterocycles. The number of amides is 1. The van der Waals surface area contributed by atoms with Crippen molar-refractivity contribution in [3.8, 4) is 5.75 Å². The Balaban J connectivity index is 1.92. The Morgan fingerprint density at radius 2 is 1.92 bits per heavy atom. The predicted octanol–water partition coefficient (Wildman–Crippen LogP) is 5.11. The van der Waals surface area contributed by atoms with Gasteiger partial charge in [-0.05, 0) is 48.9 Å². The lowest BCUT2D eigenvalue weighted by Gasteiger charge is -2.16. The van der Waals surface area contributed by atoms with Crippen molar-refractivity contribution in [2.24, 2.45) is 0 Å². The van der Waals surface area contributed by atoms with Crippen LogP contribution in [0.15, 0.2) is 41.3 Å². The molecule has 2 aromatic carbocycles. The van der Waals surface area contributed by atoms with E-state index in [-0.39, 0.29) is 16.7 Å². The quantitative estimate of drug-likeness (QED) is 0.552. The highest BCUT2D eigenvalue weighted by atomic mass is 35.5. The Hall–Kier alpha value is -1.43. The number of hydrogen-bond donors (Lipinski definition) is 1. The van der Waals surface area contributed by atoms with E-state index in [0.717, 1.165) is 10.6 Å². The van der Waals surface area contributed by atoms with Crippen LogP contribution in [0.1, 0.15) is 18.5 Å². The standard InChI is InChI=1S/C17H16Cl2FNO2S/c1-10(13-7-16(20)15(19)8-14(13)18)21-17(22)9-24-12-5-3-11(23-2)4-6-12/h3-8,10H,9H2,1-2H3,(H,21,22)/t10-/m1/s1. The molecule has 24 heavy (non-hydrogen) atoms. The van der Waals surface area contributed by atoms with Crippen LogP contribution >= 0.6 is 35.0 Å². The van der Waals surface area contributed by atoms with Gasteiger partial charge in [0.1, 0.15) is 11.6 Å². The summed E-state index contributed by atoms with van der Waals surface area (Å²) in [5.74, 6) is 0.265. The maximum atomic E-state index is 13.6. The van der Waals surface area contributed by atoms with Crippen molar-refractivity contribution in [3.05, 3.63) is 57.8 Å². The van der Waals surface area contributed by atoms with Crippen LogP contribution in [0, 0.1) is 5.82 Å². The first-order valence-electron chi connectivity index (χ1n) is 7.11. The highest BCUT2D eigenvalue weighted by Crippen LogP contribution is 2.29. The molecule has 128 valence electrons. The molecule has 0 aromatic heterocycles. The van der Waals surface area contributed by atoms with Crippen molar-refractivity contribution in [1.29, 1.82) is 0 Å². The Bertz CT molecular complexity index is 725. The third-order valence-corrected chi connectivity index (χ3v) is 4.94. The molecule has 0 aliphatic heterocycles. The Morgan fingerprint density at radius 1 is 1.25 bits per heavy atom. The molecule has 0 radical (unpaired) electrons. The number of thioether (sulfide) groups is 1. The van der Waals surface area contributed by atoms with Gasteiger partial charge in [-0.1, -0.05) is 23.2 Å². The molecule has 0 saturated carbocycles. The molecule has 1 atom stereocenters. The fourth-order valence-electron chi connectivity index (χ4n) is 2.05. The lowest BCUT2D eigenvalue weighted by molar-refractivity contribution is -0.119. The molecule has 0 aliphatic rings. The van der Waals surface area contributed by atoms with Crippen molar-refractivity contribution < 1.29 is 13.9 Å². The molecule has 0 fully saturated rings. The van der Waals surface area contributed by atoms with Crippen molar-refractivity contribution in [2.75, 3.05) is 12.9 Å². The lowest BCUT2D eigenvalue weighted by Crippen LogP contribution is -2.28. The molecule has 3 nitrogen and oxygen atoms in total. The fraction of sp³-hybridized carbons (Fsp3) is 0.235. The van der Waals surface area contributed by atoms with Crippen LogP contribution in [-0.2, 0) is 4.79 Å². The van der Waals surface area contributed by atoms with Gasteiger partial charge in [0.25, 0.3) is 0 Å². The van der Waals surface area contributed by atoms with E-state index in [1.165, 1.54) is 23.9 Å². The second-order valence-corrected chi connectivity index (χ2v) is 6.90. The van der Waals surface area contributed by atoms with Gasteiger partial charge in [-0.2, -0.15) is 0 Å². The topological polar surface area (TPSA) is 38.3 Å². The maximum Gasteiger partial charge on any atom is 0.230 e. The number of carbonyl (C=O) groups is 1. The number of nitrogens with one attached hydrogen (secondary N) is 1. The fourth-order valence-corrected chi connectivity index (χ4v) is 3.31. The van der Waals surface area contributed by atoms with E-state index >= 15 is 0 Å². The molecule has 2 rings (SSSR count). The minimum atomic E-state index is -0.565. The smallest absolute Gasteiger partial charge is 0.230 e. The first-order valence-corrected chi connectivity index (χ1v) is 8.85. The highest BCUT2D eigenvalue weighted by molar-refractivity contribution is 8.00. The van der Waals surface area contributed by atoms with Crippen LogP contribution in [0.4, 0.5) is 4.39 Å². The molecule has 0 bridgehead atoms. The molecular weight excluding hydrogens is 372 g/mol. The molecule has 2 aromatic rings. The van der Waals surface area contributed by atoms with E-state index < -0.39 is 11.9 Å². The van der Waals surface area contributed by atoms with E-state index in [9.17, 15) is 9.18 Å². The van der Waals surface area contributed by atoms with Crippen LogP contribution < -0.4 is 10.1 Å². The summed E-state index contributed by atoms with van der Waals surface area (Å²) in [7, 11) is 1.60. The van der Waals surface area contributed by atoms with E-state index in [1.54, 1.807) is 14.0 Å². The zero-order valence-electron chi connectivity index (χ0n) is 13.1. The van der Waals surface area contributed by atoms with E-state index in [1.807, 2.05) is 24.3 Å². The second-order valence-electron chi connectivity index (χ2n) is 5.04. The summed E-state index contributed by atoms with van der Waals surface area (Å²) in [6.07, 6.45) is 0. The molecule has 1 N–H and O–H groups in total. The van der Waals surface area contributed by atoms with Gasteiger partial charge in [0.05, 0.1) is 23.9 Å². The third kappa shape index (κ3) is 5.03. The molecule has 0 spiro atoms. The summed E-state index contributed by atoms with van der Waals surface area (Å²) >= 11 is 13.1. The van der Waals surface area contributed by atoms with Crippen LogP contribution in [0.2, 0.25) is 10.0 Å². The number of benzene rings is 2. The summed E-state index contributed by atoms with van der Waals surface area (Å²) < 4.78 is 18.7. The summed E-state index contributed by atoms with van der Waals surface area (Å²) in [6, 6.07) is 9.58. The molecule has 0 unspecified atom stereocenters. The average molecular weight is 388 g/mol. The zero-order valence-corrected chi connectivity index (χ0v) is 15.4. The molecule has 7 heteroatoms. The van der Waals surface area contributed by atoms with Gasteiger partial charge in [-0.25, -0.2) is 4.39 Å². The largest absolute Gasteiger partial charge is 0.497 e. The van der Waals surface area contributed by atoms with Gasteiger partial charge in [-0.3, -0.25) is 4.79 Å². The van der Waals surface area contributed by atoms with Gasteiger partial charge in [0.15, 0.2) is 0 Å². The van der Waals surface area contributed by atoms with E-state index in [0.29, 0.717) is 10.6 Å². The number of rotatable bonds is 6. The predicted molar refractivity (Wildman–Crippen MR) is 96.7 cm³/mol. The maximum absolute atomic E-state index is 13.6. The van der Waals surface area contributed by atoms with Crippen LogP contribution in [0.3, 0.4) is 0 Å². The molecule has 1 amide bonds. The first kappa shape index (κ1) is 18.9. The first-order chi connectivity index (χ1) is 11.4. The molecule has 0 aliphatic carbocycles. The van der Waals surface area contributed by atoms with Crippen molar-refractivity contribution in [2.45, 2.75) is 17.9 Å². The average Bonchev–Trinajstić information content (AvgIpc) is 2.56. The Kier molecular flexibility index (Phi) is 6.78. The van der Waals surface area contributed by atoms with Gasteiger partial charge in [0, 0.05) is 9.92 Å². The summed E-state index contributed by atoms with van der Waals surface area (Å²) in [5, 5.41) is 3.07. The van der Waals surface area contributed by atoms with E-state index in [4.69, 9.17) is 27.9 Å². The highest BCUT2D eigenvalue weighted by Gasteiger charge is 2.15. The summed E-state index contributed by atoms with van der Waals surface area (Å²) in [6.45, 7) is 1.74. The third-order valence-electron chi connectivity index (χ3n) is 3.31. The van der Waals surface area contributed by atoms with Gasteiger partial charge in [0.2, 0.25) is 5.91 Å². The minimum absolute atomic E-state index is 0.0441. The van der Waals surface area contributed by atoms with Crippen LogP contribution in [0.5, 0.6) is 5.75 Å². The van der Waals surface area contributed by atoms with E-state index in [2.05, 4.69) is 5.32 Å². The molecular formula is C17H16Cl2FNO2S. The monoisotopic (exact) mass is 387 g/mol. The number of hydrogen-bond acceptors (Lipinski definition) is 3. The van der Waals surface area contributed by atoms with Gasteiger partial charge in [-0.15, -0.1) is 11.8 Å². The van der Waals surface area contributed by atoms with Gasteiger partial charge < -0.3 is 10.1 Å². The van der Waals surface area contributed by atoms with Crippen LogP contribution in [0.25, 0.3) is 0 Å². The number of carbonyl (C=O) groups excluding carboxylic acids is 1. The van der Waals surface area contributed by atoms with Crippen molar-refractivity contribution in [1.82, 2.24) is 5.32 Å².